The molecule has 2 aliphatic rings. The molecule has 0 saturated carbocycles. The molecule has 0 amide bonds. The van der Waals surface area contributed by atoms with Gasteiger partial charge in [-0.25, -0.2) is 0 Å². The third-order valence-electron chi connectivity index (χ3n) is 7.60. The topological polar surface area (TPSA) is 42.3 Å². The van der Waals surface area contributed by atoms with Crippen LogP contribution in [0.1, 0.15) is 60.3 Å². The number of nitriles is 1. The van der Waals surface area contributed by atoms with Crippen LogP contribution in [0.15, 0.2) is 42.5 Å². The average Bonchev–Trinajstić information content (AvgIpc) is 2.91. The van der Waals surface area contributed by atoms with Gasteiger partial charge in [-0.3, -0.25) is 0 Å². The van der Waals surface area contributed by atoms with Crippen LogP contribution in [0.2, 0.25) is 0 Å². The van der Waals surface area contributed by atoms with Gasteiger partial charge in [0.05, 0.1) is 27.7 Å². The number of likely N-dealkylation sites (tertiary alicyclic amines) is 2. The number of nitrogens with one attached hydrogen (secondary N) is 1. The molecule has 1 N–H and O–H groups in total. The fourth-order valence-corrected chi connectivity index (χ4v) is 5.59. The maximum absolute atomic E-state index is 13.2. The van der Waals surface area contributed by atoms with Gasteiger partial charge in [0, 0.05) is 37.8 Å². The number of hydrogen-bond acceptors (Lipinski definition) is 4. The van der Waals surface area contributed by atoms with Gasteiger partial charge in [0.25, 0.3) is 0 Å². The monoisotopic (exact) mass is 568 g/mol. The van der Waals surface area contributed by atoms with Crippen LogP contribution in [0.4, 0.5) is 32.0 Å². The fourth-order valence-electron chi connectivity index (χ4n) is 5.32. The van der Waals surface area contributed by atoms with Crippen molar-refractivity contribution in [2.24, 2.45) is 0 Å². The number of anilines is 1. The number of halogens is 6. The second-order valence-electron chi connectivity index (χ2n) is 10.2. The molecule has 0 aliphatic carbocycles. The minimum Gasteiger partial charge on any atom is -0.382 e. The molecular weight excluding hydrogens is 538 g/mol. The molecule has 210 valence electrons. The molecule has 2 aliphatic heterocycles. The predicted octanol–water partition coefficient (Wildman–Crippen LogP) is 7.07. The third kappa shape index (κ3) is 7.63. The van der Waals surface area contributed by atoms with E-state index in [1.165, 1.54) is 12.1 Å². The number of benzene rings is 2. The molecule has 2 aromatic carbocycles. The maximum Gasteiger partial charge on any atom is 0.417 e. The first-order valence-electron chi connectivity index (χ1n) is 13.0. The molecule has 0 spiro atoms. The number of piperidine rings is 2. The van der Waals surface area contributed by atoms with E-state index in [-0.39, 0.29) is 12.0 Å². The van der Waals surface area contributed by atoms with E-state index in [2.05, 4.69) is 15.1 Å². The molecule has 2 saturated heterocycles. The van der Waals surface area contributed by atoms with Crippen molar-refractivity contribution in [1.82, 2.24) is 9.80 Å². The van der Waals surface area contributed by atoms with Gasteiger partial charge in [-0.05, 0) is 80.6 Å². The Hall–Kier alpha value is -2.84. The second-order valence-corrected chi connectivity index (χ2v) is 10.6. The summed E-state index contributed by atoms with van der Waals surface area (Å²) in [6.45, 7) is 3.99. The summed E-state index contributed by atoms with van der Waals surface area (Å²) in [5.41, 5.74) is -0.650. The minimum atomic E-state index is -4.59. The summed E-state index contributed by atoms with van der Waals surface area (Å²) < 4.78 is 78.2. The Kier molecular flexibility index (Phi) is 9.07. The minimum absolute atomic E-state index is 0.0160. The molecule has 2 aromatic rings. The van der Waals surface area contributed by atoms with E-state index in [0.29, 0.717) is 5.69 Å². The van der Waals surface area contributed by atoms with Crippen molar-refractivity contribution in [2.75, 3.05) is 38.0 Å². The molecular formula is C28H30F6N4S. The van der Waals surface area contributed by atoms with Crippen LogP contribution in [0.5, 0.6) is 0 Å². The Morgan fingerprint density at radius 3 is 2.10 bits per heavy atom. The van der Waals surface area contributed by atoms with E-state index in [4.69, 9.17) is 17.5 Å². The average molecular weight is 569 g/mol. The predicted molar refractivity (Wildman–Crippen MR) is 141 cm³/mol. The Balaban J connectivity index is 1.19. The van der Waals surface area contributed by atoms with Crippen molar-refractivity contribution in [3.63, 3.8) is 0 Å². The summed E-state index contributed by atoms with van der Waals surface area (Å²) in [4.78, 5) is 5.36. The van der Waals surface area contributed by atoms with E-state index >= 15 is 0 Å². The summed E-state index contributed by atoms with van der Waals surface area (Å²) in [5, 5.41) is 12.1. The van der Waals surface area contributed by atoms with E-state index in [1.54, 1.807) is 18.2 Å². The van der Waals surface area contributed by atoms with Crippen LogP contribution in [-0.2, 0) is 12.4 Å². The molecule has 0 unspecified atom stereocenters. The number of hydrogen-bond donors (Lipinski definition) is 1. The lowest BCUT2D eigenvalue weighted by atomic mass is 9.89. The van der Waals surface area contributed by atoms with Crippen molar-refractivity contribution in [1.29, 1.82) is 5.26 Å². The zero-order chi connectivity index (χ0) is 28.2. The number of thiocarbonyl (C=S) groups is 1. The van der Waals surface area contributed by atoms with Crippen molar-refractivity contribution in [3.8, 4) is 6.07 Å². The van der Waals surface area contributed by atoms with E-state index in [0.717, 1.165) is 93.6 Å². The van der Waals surface area contributed by atoms with Gasteiger partial charge in [-0.1, -0.05) is 24.4 Å². The largest absolute Gasteiger partial charge is 0.417 e. The van der Waals surface area contributed by atoms with Gasteiger partial charge in [-0.2, -0.15) is 31.6 Å². The van der Waals surface area contributed by atoms with Gasteiger partial charge in [0.15, 0.2) is 0 Å². The van der Waals surface area contributed by atoms with Crippen LogP contribution < -0.4 is 5.32 Å². The van der Waals surface area contributed by atoms with Crippen molar-refractivity contribution >= 4 is 22.9 Å². The standard InChI is InChI=1S/C28H30F6N4S/c29-27(30,31)22-4-1-19(2-5-22)20-7-12-37(13-8-20)14-11-26(39)38-15-9-23(10-16-38)36-24-6-3-21(18-35)25(17-24)28(32,33)34/h1-6,17,20,23,36H,7-16H2. The van der Waals surface area contributed by atoms with E-state index in [9.17, 15) is 26.3 Å². The Morgan fingerprint density at radius 2 is 1.54 bits per heavy atom. The highest BCUT2D eigenvalue weighted by Crippen LogP contribution is 2.35. The van der Waals surface area contributed by atoms with E-state index < -0.39 is 29.0 Å². The number of alkyl halides is 6. The van der Waals surface area contributed by atoms with Gasteiger partial charge in [0.1, 0.15) is 0 Å². The zero-order valence-corrected chi connectivity index (χ0v) is 22.1. The summed E-state index contributed by atoms with van der Waals surface area (Å²) in [7, 11) is 0. The van der Waals surface area contributed by atoms with Gasteiger partial charge < -0.3 is 15.1 Å². The quantitative estimate of drug-likeness (QED) is 0.298. The first kappa shape index (κ1) is 29.2. The molecule has 0 aromatic heterocycles. The Bertz CT molecular complexity index is 1170. The summed E-state index contributed by atoms with van der Waals surface area (Å²) in [5.74, 6) is 0.255. The molecule has 11 heteroatoms. The molecule has 4 rings (SSSR count). The first-order valence-corrected chi connectivity index (χ1v) is 13.4. The first-order chi connectivity index (χ1) is 18.4. The molecule has 4 nitrogen and oxygen atoms in total. The molecule has 2 heterocycles. The van der Waals surface area contributed by atoms with Crippen LogP contribution in [0.25, 0.3) is 0 Å². The lowest BCUT2D eigenvalue weighted by molar-refractivity contribution is -0.138. The second kappa shape index (κ2) is 12.1. The number of nitrogens with zero attached hydrogens (tertiary/aromatic N) is 3. The van der Waals surface area contributed by atoms with Gasteiger partial charge in [-0.15, -0.1) is 0 Å². The zero-order valence-electron chi connectivity index (χ0n) is 21.3. The normalized spacial score (nSPS) is 18.1. The van der Waals surface area contributed by atoms with Crippen molar-refractivity contribution < 1.29 is 26.3 Å². The highest BCUT2D eigenvalue weighted by atomic mass is 32.1. The molecule has 0 radical (unpaired) electrons. The molecule has 0 bridgehead atoms. The summed E-state index contributed by atoms with van der Waals surface area (Å²) in [6, 6.07) is 10.8. The van der Waals surface area contributed by atoms with Gasteiger partial charge in [0.2, 0.25) is 0 Å². The third-order valence-corrected chi connectivity index (χ3v) is 8.07. The summed E-state index contributed by atoms with van der Waals surface area (Å²) in [6.07, 6.45) is -4.92. The van der Waals surface area contributed by atoms with Crippen LogP contribution >= 0.6 is 12.2 Å². The van der Waals surface area contributed by atoms with Crippen LogP contribution in [-0.4, -0.2) is 53.6 Å². The number of rotatable bonds is 6. The maximum atomic E-state index is 13.2. The Morgan fingerprint density at radius 1 is 0.897 bits per heavy atom. The SMILES string of the molecule is N#Cc1ccc(NC2CCN(C(=S)CCN3CCC(c4ccc(C(F)(F)F)cc4)CC3)CC2)cc1C(F)(F)F. The summed E-state index contributed by atoms with van der Waals surface area (Å²) >= 11 is 5.67. The van der Waals surface area contributed by atoms with E-state index in [1.807, 2.05) is 0 Å². The Labute approximate surface area is 229 Å². The highest BCUT2D eigenvalue weighted by Gasteiger charge is 2.34. The lowest BCUT2D eigenvalue weighted by Gasteiger charge is -2.36. The van der Waals surface area contributed by atoms with Gasteiger partial charge >= 0.3 is 12.4 Å². The smallest absolute Gasteiger partial charge is 0.382 e. The highest BCUT2D eigenvalue weighted by molar-refractivity contribution is 7.80. The molecule has 2 fully saturated rings. The van der Waals surface area contributed by atoms with Crippen molar-refractivity contribution in [3.05, 3.63) is 64.7 Å². The fraction of sp³-hybridized carbons (Fsp3) is 0.500. The molecule has 0 atom stereocenters. The molecule has 39 heavy (non-hydrogen) atoms. The lowest BCUT2D eigenvalue weighted by Crippen LogP contribution is -2.43. The van der Waals surface area contributed by atoms with Crippen LogP contribution in [0.3, 0.4) is 0 Å². The van der Waals surface area contributed by atoms with Crippen LogP contribution in [0, 0.1) is 11.3 Å². The van der Waals surface area contributed by atoms with Crippen molar-refractivity contribution in [2.45, 2.75) is 56.4 Å².